The van der Waals surface area contributed by atoms with Crippen molar-refractivity contribution in [3.63, 3.8) is 0 Å². The van der Waals surface area contributed by atoms with E-state index in [1.807, 2.05) is 18.7 Å². The molecule has 18 heavy (non-hydrogen) atoms. The third-order valence-electron chi connectivity index (χ3n) is 2.70. The van der Waals surface area contributed by atoms with E-state index in [1.165, 1.54) is 0 Å². The lowest BCUT2D eigenvalue weighted by atomic mass is 10.4. The van der Waals surface area contributed by atoms with Crippen LogP contribution < -0.4 is 9.79 Å². The maximum Gasteiger partial charge on any atom is 0.320 e. The van der Waals surface area contributed by atoms with Crippen LogP contribution in [0.5, 0.6) is 0 Å². The van der Waals surface area contributed by atoms with Crippen molar-refractivity contribution >= 4 is 11.8 Å². The first kappa shape index (κ1) is 13.0. The summed E-state index contributed by atoms with van der Waals surface area (Å²) in [5.41, 5.74) is 0. The van der Waals surface area contributed by atoms with Crippen molar-refractivity contribution in [1.29, 1.82) is 0 Å². The molecule has 2 heterocycles. The van der Waals surface area contributed by atoms with E-state index in [0.717, 1.165) is 13.1 Å². The fourth-order valence-corrected chi connectivity index (χ4v) is 1.65. The smallest absolute Gasteiger partial charge is 0.320 e. The topological polar surface area (TPSA) is 77.8 Å². The second-order valence-electron chi connectivity index (χ2n) is 4.51. The molecule has 0 N–H and O–H groups in total. The zero-order valence-corrected chi connectivity index (χ0v) is 10.7. The van der Waals surface area contributed by atoms with Crippen molar-refractivity contribution in [2.24, 2.45) is 4.99 Å². The van der Waals surface area contributed by atoms with Gasteiger partial charge in [-0.2, -0.15) is 0 Å². The van der Waals surface area contributed by atoms with Crippen LogP contribution in [0, 0.1) is 0 Å². The molecule has 0 unspecified atom stereocenters. The minimum atomic E-state index is -0.219. The number of ether oxygens (including phenoxy) is 1. The SMILES string of the molecule is CC(C)[n+]1cc(/N=C(\[O-])CN2CCOCC2)on1. The maximum atomic E-state index is 11.7. The molecule has 0 spiro atoms. The summed E-state index contributed by atoms with van der Waals surface area (Å²) in [6, 6.07) is 0.187. The molecule has 100 valence electrons. The average molecular weight is 254 g/mol. The summed E-state index contributed by atoms with van der Waals surface area (Å²) >= 11 is 0. The van der Waals surface area contributed by atoms with E-state index in [1.54, 1.807) is 10.9 Å². The molecule has 0 radical (unpaired) electrons. The Bertz CT molecular complexity index is 410. The van der Waals surface area contributed by atoms with Gasteiger partial charge in [-0.3, -0.25) is 9.42 Å². The Kier molecular flexibility index (Phi) is 4.27. The van der Waals surface area contributed by atoms with Crippen molar-refractivity contribution in [3.8, 4) is 0 Å². The van der Waals surface area contributed by atoms with Crippen LogP contribution in [0.4, 0.5) is 5.88 Å². The Morgan fingerprint density at radius 3 is 2.89 bits per heavy atom. The standard InChI is InChI=1S/C11H18N4O3/c1-9(2)15-8-11(18-13-15)12-10(16)7-14-3-5-17-6-4-14/h8-9H,3-7H2,1-2H3. The number of aromatic nitrogens is 2. The Balaban J connectivity index is 1.93. The van der Waals surface area contributed by atoms with Gasteiger partial charge in [-0.05, 0) is 24.4 Å². The van der Waals surface area contributed by atoms with Gasteiger partial charge in [-0.25, -0.2) is 4.99 Å². The van der Waals surface area contributed by atoms with E-state index >= 15 is 0 Å². The molecule has 2 rings (SSSR count). The molecule has 0 bridgehead atoms. The molecule has 0 aliphatic carbocycles. The Morgan fingerprint density at radius 2 is 2.28 bits per heavy atom. The molecule has 7 heteroatoms. The Morgan fingerprint density at radius 1 is 1.56 bits per heavy atom. The zero-order valence-electron chi connectivity index (χ0n) is 10.7. The fraction of sp³-hybridized carbons (Fsp3) is 0.727. The summed E-state index contributed by atoms with van der Waals surface area (Å²) in [6.07, 6.45) is 1.63. The first-order valence-corrected chi connectivity index (χ1v) is 6.08. The van der Waals surface area contributed by atoms with E-state index in [9.17, 15) is 5.11 Å². The third kappa shape index (κ3) is 3.51. The quantitative estimate of drug-likeness (QED) is 0.402. The van der Waals surface area contributed by atoms with Gasteiger partial charge in [-0.1, -0.05) is 0 Å². The molecular formula is C11H18N4O3. The van der Waals surface area contributed by atoms with Gasteiger partial charge in [0.1, 0.15) is 0 Å². The van der Waals surface area contributed by atoms with Crippen molar-refractivity contribution in [2.75, 3.05) is 32.8 Å². The van der Waals surface area contributed by atoms with Crippen LogP contribution in [0.25, 0.3) is 0 Å². The van der Waals surface area contributed by atoms with E-state index < -0.39 is 0 Å². The van der Waals surface area contributed by atoms with Crippen LogP contribution in [-0.4, -0.2) is 48.9 Å². The van der Waals surface area contributed by atoms with Crippen molar-refractivity contribution in [3.05, 3.63) is 6.20 Å². The van der Waals surface area contributed by atoms with Crippen LogP contribution >= 0.6 is 0 Å². The molecular weight excluding hydrogens is 236 g/mol. The van der Waals surface area contributed by atoms with E-state index in [-0.39, 0.29) is 17.8 Å². The minimum absolute atomic E-state index is 0.187. The van der Waals surface area contributed by atoms with E-state index in [2.05, 4.69) is 10.3 Å². The summed E-state index contributed by atoms with van der Waals surface area (Å²) in [4.78, 5) is 5.90. The van der Waals surface area contributed by atoms with E-state index in [4.69, 9.17) is 9.26 Å². The Hall–Kier alpha value is -1.47. The zero-order chi connectivity index (χ0) is 13.0. The van der Waals surface area contributed by atoms with Gasteiger partial charge in [0.2, 0.25) is 5.27 Å². The highest BCUT2D eigenvalue weighted by molar-refractivity contribution is 5.75. The lowest BCUT2D eigenvalue weighted by Gasteiger charge is -2.28. The third-order valence-corrected chi connectivity index (χ3v) is 2.70. The number of morpholine rings is 1. The predicted molar refractivity (Wildman–Crippen MR) is 61.4 cm³/mol. The van der Waals surface area contributed by atoms with Crippen LogP contribution in [0.3, 0.4) is 0 Å². The van der Waals surface area contributed by atoms with Gasteiger partial charge in [-0.15, -0.1) is 0 Å². The van der Waals surface area contributed by atoms with Crippen molar-refractivity contribution in [1.82, 2.24) is 10.2 Å². The lowest BCUT2D eigenvalue weighted by Crippen LogP contribution is -2.42. The molecule has 1 saturated heterocycles. The fourth-order valence-electron chi connectivity index (χ4n) is 1.65. The average Bonchev–Trinajstić information content (AvgIpc) is 2.78. The number of hydrogen-bond acceptors (Lipinski definition) is 6. The van der Waals surface area contributed by atoms with Gasteiger partial charge in [0.05, 0.1) is 13.2 Å². The molecule has 0 amide bonds. The Labute approximate surface area is 106 Å². The second kappa shape index (κ2) is 5.92. The molecule has 1 aliphatic rings. The number of rotatable bonds is 4. The first-order valence-electron chi connectivity index (χ1n) is 6.08. The highest BCUT2D eigenvalue weighted by Gasteiger charge is 2.14. The highest BCUT2D eigenvalue weighted by atomic mass is 16.5. The highest BCUT2D eigenvalue weighted by Crippen LogP contribution is 2.07. The molecule has 0 aromatic carbocycles. The molecule has 7 nitrogen and oxygen atoms in total. The van der Waals surface area contributed by atoms with Crippen molar-refractivity contribution < 1.29 is 19.0 Å². The summed E-state index contributed by atoms with van der Waals surface area (Å²) in [5.74, 6) is 0.0333. The largest absolute Gasteiger partial charge is 0.861 e. The molecule has 1 fully saturated rings. The normalized spacial score (nSPS) is 18.5. The summed E-state index contributed by atoms with van der Waals surface area (Å²) in [7, 11) is 0. The van der Waals surface area contributed by atoms with Crippen LogP contribution in [0.2, 0.25) is 0 Å². The van der Waals surface area contributed by atoms with Gasteiger partial charge < -0.3 is 9.84 Å². The second-order valence-corrected chi connectivity index (χ2v) is 4.51. The maximum absolute atomic E-state index is 11.7. The van der Waals surface area contributed by atoms with Crippen LogP contribution in [-0.2, 0) is 4.74 Å². The summed E-state index contributed by atoms with van der Waals surface area (Å²) < 4.78 is 11.8. The van der Waals surface area contributed by atoms with Crippen LogP contribution in [0.15, 0.2) is 15.7 Å². The monoisotopic (exact) mass is 254 g/mol. The number of aliphatic imine (C=N–C) groups is 1. The van der Waals surface area contributed by atoms with E-state index in [0.29, 0.717) is 19.8 Å². The molecule has 1 aliphatic heterocycles. The first-order chi connectivity index (χ1) is 8.65. The summed E-state index contributed by atoms with van der Waals surface area (Å²) in [6.45, 7) is 7.12. The lowest BCUT2D eigenvalue weighted by molar-refractivity contribution is -0.779. The number of nitrogens with zero attached hydrogens (tertiary/aromatic N) is 4. The minimum Gasteiger partial charge on any atom is -0.861 e. The van der Waals surface area contributed by atoms with Gasteiger partial charge in [0.25, 0.3) is 6.20 Å². The molecule has 1 aromatic heterocycles. The van der Waals surface area contributed by atoms with Crippen molar-refractivity contribution in [2.45, 2.75) is 19.9 Å². The number of hydrogen-bond donors (Lipinski definition) is 0. The predicted octanol–water partition coefficient (Wildman–Crippen LogP) is -0.734. The van der Waals surface area contributed by atoms with Gasteiger partial charge in [0.15, 0.2) is 6.04 Å². The summed E-state index contributed by atoms with van der Waals surface area (Å²) in [5, 5.41) is 15.5. The van der Waals surface area contributed by atoms with Gasteiger partial charge in [0, 0.05) is 19.6 Å². The molecule has 0 atom stereocenters. The molecule has 1 aromatic rings. The van der Waals surface area contributed by atoms with Gasteiger partial charge >= 0.3 is 5.88 Å². The molecule has 0 saturated carbocycles. The van der Waals surface area contributed by atoms with Crippen LogP contribution in [0.1, 0.15) is 19.9 Å².